The molecule has 0 aromatic rings. The fourth-order valence-electron chi connectivity index (χ4n) is 14.5. The molecular formula is C58H59F28LaNNaO8. The van der Waals surface area contributed by atoms with Crippen molar-refractivity contribution in [2.24, 2.45) is 67.0 Å². The largest absolute Gasteiger partial charge is 3.00 e. The maximum atomic E-state index is 13.6. The Morgan fingerprint density at radius 1 is 0.381 bits per heavy atom. The number of nitrogens with zero attached hydrogens (tertiary/aromatic N) is 1. The average molecular weight is 1590 g/mol. The van der Waals surface area contributed by atoms with Crippen LogP contribution in [0.1, 0.15) is 141 Å². The third kappa shape index (κ3) is 12.3. The number of halogens is 28. The Morgan fingerprint density at radius 3 is 0.722 bits per heavy atom. The zero-order valence-electron chi connectivity index (χ0n) is 53.3. The van der Waals surface area contributed by atoms with Crippen LogP contribution in [-0.2, 0) is 19.2 Å². The number of carbonyl (C=O) groups excluding carboxylic acids is 4. The summed E-state index contributed by atoms with van der Waals surface area (Å²) in [6.45, 7) is 19.2. The Labute approximate surface area is 584 Å². The zero-order valence-corrected chi connectivity index (χ0v) is 59.0. The van der Waals surface area contributed by atoms with Crippen LogP contribution < -0.4 is 50.0 Å². The summed E-state index contributed by atoms with van der Waals surface area (Å²) in [5.41, 5.74) is -13.2. The molecule has 0 aromatic heterocycles. The number of hydrogen-bond donors (Lipinski definition) is 0. The number of carbonyl (C=O) groups is 4. The number of ketones is 4. The molecule has 9 nitrogen and oxygen atoms in total. The van der Waals surface area contributed by atoms with Crippen LogP contribution in [-0.4, -0.2) is 95.2 Å². The molecule has 7 fully saturated rings. The van der Waals surface area contributed by atoms with E-state index >= 15 is 0 Å². The van der Waals surface area contributed by atoms with Crippen LogP contribution in [0.15, 0.2) is 45.3 Å². The second-order valence-electron chi connectivity index (χ2n) is 27.7. The minimum Gasteiger partial charge on any atom is -0.875 e. The molecule has 8 aliphatic rings. The molecule has 0 heterocycles. The van der Waals surface area contributed by atoms with Crippen molar-refractivity contribution in [3.05, 3.63) is 45.3 Å². The standard InChI is InChI=1S/4C14H15F7O2.C2H3N.La.Na/c4*1-10(2)6-4-5-11(10,3)8(22)7(6)9(23)12(15,16)13(17,18)14(19,20)21;1-2-3;;/h3*6,23H,4-5H2,1-3H3;6,22H,4-5H2,1-3H3;1H3;;/q;;;;;+3;+1/p-4/b3*9-7-;;;;/t4*6-,11+;;;/m1111.../s1. The SMILES string of the molecule is CC#N.CC1(C)[C@@H]2CC[C@@]1(C)C(=O)/C2=C(\[O-])C(F)(F)C(F)(F)C(F)(F)F.CC1(C)[C@@H]2CC[C@@]1(C)C(=O)/C2=C(\[O-])C(F)(F)C(F)(F)C(F)(F)F.CC1(C)[C@@H]2CC[C@@]1(C)C(=O)/C2=C(\[O-])C(F)(F)C(F)(F)C(F)(F)F.CC1(C)[C@@H]2CC[C@@]1(C)C([O-])=C2C(=O)C(F)(F)C(F)(F)C(F)(F)F.[La+3].[Na+]. The molecule has 0 amide bonds. The van der Waals surface area contributed by atoms with Gasteiger partial charge in [0.25, 0.3) is 0 Å². The number of fused-ring (bicyclic) bond motifs is 8. The maximum absolute atomic E-state index is 13.6. The van der Waals surface area contributed by atoms with E-state index in [4.69, 9.17) is 5.26 Å². The molecule has 39 heteroatoms. The van der Waals surface area contributed by atoms with Crippen molar-refractivity contribution in [1.82, 2.24) is 0 Å². The predicted octanol–water partition coefficient (Wildman–Crippen LogP) is 11.4. The van der Waals surface area contributed by atoms with Crippen molar-refractivity contribution in [2.45, 2.75) is 213 Å². The molecule has 8 atom stereocenters. The molecule has 0 unspecified atom stereocenters. The van der Waals surface area contributed by atoms with Gasteiger partial charge in [-0.25, -0.2) is 0 Å². The van der Waals surface area contributed by atoms with Gasteiger partial charge in [0.2, 0.25) is 5.78 Å². The fourth-order valence-corrected chi connectivity index (χ4v) is 14.5. The van der Waals surface area contributed by atoms with E-state index in [-0.39, 0.29) is 117 Å². The van der Waals surface area contributed by atoms with Crippen LogP contribution in [0.4, 0.5) is 123 Å². The van der Waals surface area contributed by atoms with Crippen molar-refractivity contribution in [1.29, 1.82) is 5.26 Å². The van der Waals surface area contributed by atoms with E-state index in [9.17, 15) is 163 Å². The van der Waals surface area contributed by atoms with Crippen molar-refractivity contribution in [3.8, 4) is 6.07 Å². The van der Waals surface area contributed by atoms with E-state index in [0.717, 1.165) is 0 Å². The van der Waals surface area contributed by atoms with Gasteiger partial charge in [-0.1, -0.05) is 83.1 Å². The second-order valence-corrected chi connectivity index (χ2v) is 27.7. The first-order chi connectivity index (χ1) is 41.5. The molecule has 7 saturated carbocycles. The summed E-state index contributed by atoms with van der Waals surface area (Å²) in [5.74, 6) is -69.6. The van der Waals surface area contributed by atoms with Crippen LogP contribution in [0.5, 0.6) is 0 Å². The molecule has 97 heavy (non-hydrogen) atoms. The van der Waals surface area contributed by atoms with Gasteiger partial charge in [-0.3, -0.25) is 19.2 Å². The van der Waals surface area contributed by atoms with Crippen LogP contribution in [0.3, 0.4) is 0 Å². The quantitative estimate of drug-likeness (QED) is 0.0938. The monoisotopic (exact) mass is 1590 g/mol. The average Bonchev–Trinajstić information content (AvgIpc) is 1.57. The van der Waals surface area contributed by atoms with Gasteiger partial charge >= 0.3 is 137 Å². The van der Waals surface area contributed by atoms with Gasteiger partial charge in [0, 0.05) is 23.2 Å². The number of allylic oxidation sites excluding steroid dienone is 8. The summed E-state index contributed by atoms with van der Waals surface area (Å²) >= 11 is 0. The first-order valence-electron chi connectivity index (χ1n) is 28.0. The number of nitriles is 1. The Hall–Kier alpha value is -3.44. The summed E-state index contributed by atoms with van der Waals surface area (Å²) in [6, 6.07) is 1.75. The third-order valence-electron chi connectivity index (χ3n) is 22.4. The minimum atomic E-state index is -6.60. The van der Waals surface area contributed by atoms with Crippen LogP contribution in [0.2, 0.25) is 0 Å². The molecule has 544 valence electrons. The number of rotatable bonds is 9. The van der Waals surface area contributed by atoms with Gasteiger partial charge < -0.3 is 20.4 Å². The first kappa shape index (κ1) is 89.6. The Morgan fingerprint density at radius 2 is 0.557 bits per heavy atom. The Balaban J connectivity index is 0.000000431. The topological polar surface area (TPSA) is 184 Å². The fraction of sp³-hybridized carbons (Fsp3) is 0.776. The Kier molecular flexibility index (Phi) is 23.8. The summed E-state index contributed by atoms with van der Waals surface area (Å²) in [6.07, 6.45) is -24.9. The molecular weight excluding hydrogens is 1530 g/mol. The van der Waals surface area contributed by atoms with E-state index in [1.165, 1.54) is 90.0 Å². The van der Waals surface area contributed by atoms with Gasteiger partial charge in [0.15, 0.2) is 17.3 Å². The number of alkyl halides is 28. The molecule has 0 saturated heterocycles. The van der Waals surface area contributed by atoms with Gasteiger partial charge in [0.1, 0.15) is 0 Å². The van der Waals surface area contributed by atoms with Crippen LogP contribution >= 0.6 is 0 Å². The van der Waals surface area contributed by atoms with E-state index in [2.05, 4.69) is 0 Å². The predicted molar refractivity (Wildman–Crippen MR) is 262 cm³/mol. The van der Waals surface area contributed by atoms with Gasteiger partial charge in [-0.2, -0.15) is 128 Å². The summed E-state index contributed by atoms with van der Waals surface area (Å²) in [4.78, 5) is 48.6. The van der Waals surface area contributed by atoms with E-state index in [1.54, 1.807) is 6.07 Å². The molecule has 0 radical (unpaired) electrons. The minimum absolute atomic E-state index is 0. The number of Topliss-reactive ketones (excluding diaryl/α,β-unsaturated/α-hetero) is 4. The van der Waals surface area contributed by atoms with Crippen LogP contribution in [0.25, 0.3) is 0 Å². The summed E-state index contributed by atoms with van der Waals surface area (Å²) < 4.78 is 360. The second kappa shape index (κ2) is 25.8. The Bertz CT molecular complexity index is 3060. The van der Waals surface area contributed by atoms with Gasteiger partial charge in [-0.15, -0.1) is 5.76 Å². The summed E-state index contributed by atoms with van der Waals surface area (Å²) in [5, 5.41) is 55.0. The van der Waals surface area contributed by atoms with Crippen molar-refractivity contribution in [2.75, 3.05) is 0 Å². The molecule has 0 spiro atoms. The normalized spacial score (nSPS) is 31.1. The van der Waals surface area contributed by atoms with Crippen molar-refractivity contribution >= 4 is 23.1 Å². The number of hydrogen-bond acceptors (Lipinski definition) is 9. The van der Waals surface area contributed by atoms with Gasteiger partial charge in [0.05, 0.1) is 6.07 Å². The van der Waals surface area contributed by atoms with E-state index < -0.39 is 208 Å². The first-order valence-corrected chi connectivity index (χ1v) is 28.0. The third-order valence-corrected chi connectivity index (χ3v) is 22.4. The zero-order chi connectivity index (χ0) is 75.6. The van der Waals surface area contributed by atoms with Crippen molar-refractivity contribution < 1.29 is 228 Å². The summed E-state index contributed by atoms with van der Waals surface area (Å²) in [7, 11) is 0. The van der Waals surface area contributed by atoms with Crippen molar-refractivity contribution in [3.63, 3.8) is 0 Å². The van der Waals surface area contributed by atoms with Crippen LogP contribution in [0, 0.1) is 114 Å². The molecule has 8 rings (SSSR count). The molecule has 0 N–H and O–H groups in total. The van der Waals surface area contributed by atoms with E-state index in [1.807, 2.05) is 0 Å². The maximum Gasteiger partial charge on any atom is 3.00 e. The van der Waals surface area contributed by atoms with E-state index in [0.29, 0.717) is 0 Å². The molecule has 0 aliphatic heterocycles. The smallest absolute Gasteiger partial charge is 0.875 e. The molecule has 8 bridgehead atoms. The molecule has 0 aromatic carbocycles. The van der Waals surface area contributed by atoms with Gasteiger partial charge in [-0.05, 0) is 142 Å². The molecule has 8 aliphatic carbocycles.